The summed E-state index contributed by atoms with van der Waals surface area (Å²) in [5, 5.41) is 7.67. The van der Waals surface area contributed by atoms with Crippen molar-refractivity contribution in [2.24, 2.45) is 33.8 Å². The number of nitrogens with two attached hydrogens (primary N) is 1. The third-order valence-corrected chi connectivity index (χ3v) is 9.12. The highest BCUT2D eigenvalue weighted by Crippen LogP contribution is 2.57. The SMILES string of the molecule is C=CCN(C)C(=O)[C@@H](NC(=O)N[C@H](C(=O)N1C[C@H]2[C@H](CC2(C)C)[C@H]1C(=O)NC(CCC(F)(F)F)C(=O)C(N)=O)C(C)(C)C)C(C)(C)C. The Hall–Kier alpha value is -3.65. The average molecular weight is 673 g/mol. The topological polar surface area (TPSA) is 171 Å². The van der Waals surface area contributed by atoms with Crippen LogP contribution in [0.15, 0.2) is 12.7 Å². The second-order valence-corrected chi connectivity index (χ2v) is 15.6. The van der Waals surface area contributed by atoms with Crippen LogP contribution in [-0.4, -0.2) is 95.7 Å². The van der Waals surface area contributed by atoms with E-state index in [1.807, 2.05) is 13.8 Å². The number of halogens is 3. The Morgan fingerprint density at radius 2 is 1.51 bits per heavy atom. The molecule has 1 heterocycles. The Bertz CT molecular complexity index is 1260. The van der Waals surface area contributed by atoms with Gasteiger partial charge in [0.05, 0.1) is 6.04 Å². The first-order valence-electron chi connectivity index (χ1n) is 15.7. The Morgan fingerprint density at radius 3 is 1.96 bits per heavy atom. The van der Waals surface area contributed by atoms with Crippen LogP contribution >= 0.6 is 0 Å². The molecule has 1 unspecified atom stereocenters. The molecule has 1 aliphatic carbocycles. The number of hydrogen-bond acceptors (Lipinski definition) is 6. The van der Waals surface area contributed by atoms with Gasteiger partial charge in [0.1, 0.15) is 18.1 Å². The van der Waals surface area contributed by atoms with Gasteiger partial charge in [0.2, 0.25) is 23.5 Å². The minimum absolute atomic E-state index is 0.122. The molecule has 6 amide bonds. The number of fused-ring (bicyclic) bond motifs is 1. The standard InChI is InChI=1S/C32H51F3N6O6/c1-11-14-40(10)26(45)22(29(2,3)4)38-28(47)39-23(30(5,6)7)27(46)41-16-18-17(15-31(18,8)9)20(41)25(44)37-19(21(42)24(36)43)12-13-32(33,34)35/h11,17-20,22-23H,1,12-16H2,2-10H3,(H2,36,43)(H,37,44)(H2,38,39,47)/t17-,18-,19?,20-,22+,23+/m0/s1. The van der Waals surface area contributed by atoms with Crippen molar-refractivity contribution in [2.75, 3.05) is 20.1 Å². The number of ketones is 1. The third kappa shape index (κ3) is 9.69. The Morgan fingerprint density at radius 1 is 0.979 bits per heavy atom. The number of amides is 6. The van der Waals surface area contributed by atoms with Crippen LogP contribution in [0, 0.1) is 28.1 Å². The summed E-state index contributed by atoms with van der Waals surface area (Å²) in [6.45, 7) is 18.4. The number of alkyl halides is 3. The summed E-state index contributed by atoms with van der Waals surface area (Å²) in [6, 6.07) is -5.98. The second kappa shape index (κ2) is 14.2. The fraction of sp³-hybridized carbons (Fsp3) is 0.750. The van der Waals surface area contributed by atoms with Crippen LogP contribution in [0.3, 0.4) is 0 Å². The molecule has 2 rings (SSSR count). The normalized spacial score (nSPS) is 22.5. The molecule has 0 spiro atoms. The largest absolute Gasteiger partial charge is 0.389 e. The van der Waals surface area contributed by atoms with Crippen LogP contribution in [0.1, 0.15) is 74.7 Å². The first-order valence-corrected chi connectivity index (χ1v) is 15.7. The van der Waals surface area contributed by atoms with Crippen molar-refractivity contribution in [3.8, 4) is 0 Å². The van der Waals surface area contributed by atoms with Crippen molar-refractivity contribution >= 4 is 35.4 Å². The monoisotopic (exact) mass is 672 g/mol. The lowest BCUT2D eigenvalue weighted by atomic mass is 9.55. The molecule has 0 radical (unpaired) electrons. The molecular formula is C32H51F3N6O6. The van der Waals surface area contributed by atoms with Crippen LogP contribution in [0.4, 0.5) is 18.0 Å². The first-order chi connectivity index (χ1) is 21.2. The fourth-order valence-electron chi connectivity index (χ4n) is 6.43. The van der Waals surface area contributed by atoms with Crippen LogP contribution in [0.5, 0.6) is 0 Å². The Kier molecular flexibility index (Phi) is 12.0. The zero-order chi connectivity index (χ0) is 36.4. The summed E-state index contributed by atoms with van der Waals surface area (Å²) in [5.41, 5.74) is 3.19. The summed E-state index contributed by atoms with van der Waals surface area (Å²) in [7, 11) is 1.57. The lowest BCUT2D eigenvalue weighted by Crippen LogP contribution is -2.63. The number of carbonyl (C=O) groups excluding carboxylic acids is 6. The molecule has 47 heavy (non-hydrogen) atoms. The van der Waals surface area contributed by atoms with Crippen molar-refractivity contribution in [1.29, 1.82) is 0 Å². The van der Waals surface area contributed by atoms with Gasteiger partial charge in [-0.3, -0.25) is 24.0 Å². The average Bonchev–Trinajstić information content (AvgIpc) is 3.24. The van der Waals surface area contributed by atoms with Crippen molar-refractivity contribution in [3.05, 3.63) is 12.7 Å². The molecule has 1 saturated carbocycles. The summed E-state index contributed by atoms with van der Waals surface area (Å²) < 4.78 is 39.0. The molecule has 12 nitrogen and oxygen atoms in total. The van der Waals surface area contributed by atoms with Gasteiger partial charge < -0.3 is 31.5 Å². The van der Waals surface area contributed by atoms with Crippen molar-refractivity contribution in [1.82, 2.24) is 25.8 Å². The molecular weight excluding hydrogens is 621 g/mol. The zero-order valence-electron chi connectivity index (χ0n) is 28.8. The van der Waals surface area contributed by atoms with Crippen LogP contribution in [0.2, 0.25) is 0 Å². The number of urea groups is 1. The molecule has 2 fully saturated rings. The summed E-state index contributed by atoms with van der Waals surface area (Å²) in [6.07, 6.45) is -4.96. The van der Waals surface area contributed by atoms with Crippen LogP contribution in [0.25, 0.3) is 0 Å². The molecule has 6 atom stereocenters. The van der Waals surface area contributed by atoms with Gasteiger partial charge in [-0.25, -0.2) is 4.79 Å². The molecule has 266 valence electrons. The highest BCUT2D eigenvalue weighted by Gasteiger charge is 2.61. The number of nitrogens with one attached hydrogen (secondary N) is 3. The van der Waals surface area contributed by atoms with E-state index in [0.29, 0.717) is 6.42 Å². The number of carbonyl (C=O) groups is 6. The predicted octanol–water partition coefficient (Wildman–Crippen LogP) is 2.51. The number of hydrogen-bond donors (Lipinski definition) is 4. The summed E-state index contributed by atoms with van der Waals surface area (Å²) in [4.78, 5) is 81.3. The smallest absolute Gasteiger partial charge is 0.363 e. The number of likely N-dealkylation sites (tertiary alicyclic amines) is 1. The van der Waals surface area contributed by atoms with Crippen LogP contribution in [-0.2, 0) is 24.0 Å². The van der Waals surface area contributed by atoms with E-state index in [1.165, 1.54) is 9.80 Å². The molecule has 0 bridgehead atoms. The fourth-order valence-corrected chi connectivity index (χ4v) is 6.43. The van der Waals surface area contributed by atoms with Crippen molar-refractivity contribution < 1.29 is 41.9 Å². The lowest BCUT2D eigenvalue weighted by molar-refractivity contribution is -0.147. The molecule has 0 aromatic rings. The minimum atomic E-state index is -4.66. The molecule has 1 saturated heterocycles. The highest BCUT2D eigenvalue weighted by atomic mass is 19.4. The lowest BCUT2D eigenvalue weighted by Gasteiger charge is -2.48. The van der Waals surface area contributed by atoms with Gasteiger partial charge in [-0.1, -0.05) is 61.5 Å². The van der Waals surface area contributed by atoms with E-state index in [4.69, 9.17) is 5.73 Å². The van der Waals surface area contributed by atoms with Crippen molar-refractivity contribution in [2.45, 2.75) is 105 Å². The molecule has 0 aromatic carbocycles. The maximum Gasteiger partial charge on any atom is 0.389 e. The third-order valence-electron chi connectivity index (χ3n) is 9.12. The quantitative estimate of drug-likeness (QED) is 0.183. The molecule has 0 aromatic heterocycles. The van der Waals surface area contributed by atoms with E-state index in [-0.39, 0.29) is 36.2 Å². The Labute approximate surface area is 274 Å². The maximum atomic E-state index is 14.3. The maximum absolute atomic E-state index is 14.3. The molecule has 2 aliphatic rings. The van der Waals surface area contributed by atoms with Crippen LogP contribution < -0.4 is 21.7 Å². The van der Waals surface area contributed by atoms with Crippen molar-refractivity contribution in [3.63, 3.8) is 0 Å². The number of nitrogens with zero attached hydrogens (tertiary/aromatic N) is 2. The van der Waals surface area contributed by atoms with E-state index in [9.17, 15) is 41.9 Å². The van der Waals surface area contributed by atoms with E-state index in [2.05, 4.69) is 22.5 Å². The van der Waals surface area contributed by atoms with Gasteiger partial charge in [0.25, 0.3) is 5.91 Å². The van der Waals surface area contributed by atoms with Gasteiger partial charge in [0.15, 0.2) is 0 Å². The highest BCUT2D eigenvalue weighted by molar-refractivity contribution is 6.37. The summed E-state index contributed by atoms with van der Waals surface area (Å²) in [5.74, 6) is -5.27. The minimum Gasteiger partial charge on any atom is -0.363 e. The van der Waals surface area contributed by atoms with E-state index in [1.54, 1.807) is 54.7 Å². The number of primary amides is 1. The first kappa shape index (κ1) is 39.5. The van der Waals surface area contributed by atoms with E-state index >= 15 is 0 Å². The molecule has 1 aliphatic heterocycles. The molecule has 15 heteroatoms. The van der Waals surface area contributed by atoms with Gasteiger partial charge in [-0.15, -0.1) is 6.58 Å². The van der Waals surface area contributed by atoms with Gasteiger partial charge in [0, 0.05) is 26.6 Å². The predicted molar refractivity (Wildman–Crippen MR) is 168 cm³/mol. The number of likely N-dealkylation sites (N-methyl/N-ethyl adjacent to an activating group) is 1. The van der Waals surface area contributed by atoms with Gasteiger partial charge >= 0.3 is 12.2 Å². The van der Waals surface area contributed by atoms with Gasteiger partial charge in [-0.2, -0.15) is 13.2 Å². The number of Topliss-reactive ketones (excluding diaryl/α,β-unsaturated/α-hetero) is 1. The number of rotatable bonds is 12. The summed E-state index contributed by atoms with van der Waals surface area (Å²) >= 11 is 0. The second-order valence-electron chi connectivity index (χ2n) is 15.6. The molecule has 5 N–H and O–H groups in total. The Balaban J connectivity index is 2.41. The zero-order valence-corrected chi connectivity index (χ0v) is 28.8. The van der Waals surface area contributed by atoms with Gasteiger partial charge in [-0.05, 0) is 40.9 Å². The van der Waals surface area contributed by atoms with E-state index in [0.717, 1.165) is 0 Å². The van der Waals surface area contributed by atoms with E-state index < -0.39 is 83.6 Å².